The van der Waals surface area contributed by atoms with Crippen LogP contribution in [0.25, 0.3) is 0 Å². The van der Waals surface area contributed by atoms with E-state index in [9.17, 15) is 0 Å². The van der Waals surface area contributed by atoms with Gasteiger partial charge in [-0.25, -0.2) is 0 Å². The highest BCUT2D eigenvalue weighted by Gasteiger charge is 1.95. The third-order valence-electron chi connectivity index (χ3n) is 4.22. The van der Waals surface area contributed by atoms with E-state index in [1.165, 1.54) is 83.5 Å². The topological polar surface area (TPSA) is 46.2 Å². The Balaban J connectivity index is 3.04. The predicted molar refractivity (Wildman–Crippen MR) is 98.6 cm³/mol. The van der Waals surface area contributed by atoms with Crippen molar-refractivity contribution in [2.75, 3.05) is 6.61 Å². The van der Waals surface area contributed by atoms with Gasteiger partial charge in [0.15, 0.2) is 0 Å². The van der Waals surface area contributed by atoms with Crippen LogP contribution >= 0.6 is 0 Å². The minimum Gasteiger partial charge on any atom is -0.402 e. The van der Waals surface area contributed by atoms with Crippen LogP contribution in [-0.4, -0.2) is 11.7 Å². The molecule has 131 valence electrons. The number of nitrogens with two attached hydrogens (primary N) is 1. The Morgan fingerprint density at radius 1 is 0.773 bits per heavy atom. The minimum atomic E-state index is 0.0723. The average Bonchev–Trinajstić information content (AvgIpc) is 2.51. The molecule has 0 rings (SSSR count). The van der Waals surface area contributed by atoms with E-state index in [2.05, 4.69) is 13.3 Å². The van der Waals surface area contributed by atoms with Gasteiger partial charge in [0.2, 0.25) is 0 Å². The highest BCUT2D eigenvalue weighted by molar-refractivity contribution is 4.95. The second kappa shape index (κ2) is 18.5. The molecule has 0 aliphatic heterocycles. The normalized spacial score (nSPS) is 12.0. The van der Waals surface area contributed by atoms with Crippen LogP contribution in [0.5, 0.6) is 0 Å². The van der Waals surface area contributed by atoms with Gasteiger partial charge >= 0.3 is 0 Å². The van der Waals surface area contributed by atoms with Gasteiger partial charge in [0.25, 0.3) is 0 Å². The standard InChI is InChI=1S/C20H40NO/c1-2-3-4-5-6-7-8-9-10-11-12-13-14-15-16-17-20(21)18-19-22/h4,18,22H,2-3,5-17,19,21H2,1H3. The quantitative estimate of drug-likeness (QED) is 0.329. The maximum absolute atomic E-state index is 8.70. The van der Waals surface area contributed by atoms with Crippen molar-refractivity contribution in [2.45, 2.75) is 103 Å². The molecule has 3 N–H and O–H groups in total. The van der Waals surface area contributed by atoms with Gasteiger partial charge in [0, 0.05) is 5.70 Å². The van der Waals surface area contributed by atoms with Crippen LogP contribution in [0.4, 0.5) is 0 Å². The number of aliphatic hydroxyl groups is 1. The smallest absolute Gasteiger partial charge is 0.0631 e. The summed E-state index contributed by atoms with van der Waals surface area (Å²) < 4.78 is 0. The first-order valence-corrected chi connectivity index (χ1v) is 9.68. The second-order valence-corrected chi connectivity index (χ2v) is 6.47. The molecule has 0 saturated carbocycles. The maximum Gasteiger partial charge on any atom is 0.0631 e. The molecule has 2 nitrogen and oxygen atoms in total. The molecule has 22 heavy (non-hydrogen) atoms. The van der Waals surface area contributed by atoms with Crippen molar-refractivity contribution in [1.29, 1.82) is 0 Å². The Bertz CT molecular complexity index is 238. The summed E-state index contributed by atoms with van der Waals surface area (Å²) in [5.74, 6) is 0. The molecular formula is C20H40NO. The van der Waals surface area contributed by atoms with Crippen molar-refractivity contribution in [3.05, 3.63) is 18.2 Å². The molecule has 0 saturated heterocycles. The highest BCUT2D eigenvalue weighted by atomic mass is 16.2. The van der Waals surface area contributed by atoms with Crippen molar-refractivity contribution in [3.8, 4) is 0 Å². The van der Waals surface area contributed by atoms with Gasteiger partial charge in [-0.2, -0.15) is 0 Å². The lowest BCUT2D eigenvalue weighted by Gasteiger charge is -2.04. The molecule has 0 fully saturated rings. The van der Waals surface area contributed by atoms with Crippen LogP contribution < -0.4 is 5.73 Å². The van der Waals surface area contributed by atoms with Gasteiger partial charge in [0.1, 0.15) is 0 Å². The first kappa shape index (κ1) is 21.5. The number of aliphatic hydroxyl groups excluding tert-OH is 1. The van der Waals surface area contributed by atoms with E-state index in [4.69, 9.17) is 10.8 Å². The van der Waals surface area contributed by atoms with E-state index >= 15 is 0 Å². The minimum absolute atomic E-state index is 0.0723. The summed E-state index contributed by atoms with van der Waals surface area (Å²) in [6.45, 7) is 2.32. The van der Waals surface area contributed by atoms with E-state index in [1.807, 2.05) is 0 Å². The number of hydrogen-bond acceptors (Lipinski definition) is 2. The first-order chi connectivity index (χ1) is 10.8. The number of hydrogen-bond donors (Lipinski definition) is 2. The van der Waals surface area contributed by atoms with E-state index in [1.54, 1.807) is 6.08 Å². The van der Waals surface area contributed by atoms with Gasteiger partial charge in [-0.05, 0) is 25.3 Å². The van der Waals surface area contributed by atoms with Gasteiger partial charge in [0.05, 0.1) is 6.61 Å². The van der Waals surface area contributed by atoms with E-state index in [0.29, 0.717) is 0 Å². The Morgan fingerprint density at radius 3 is 1.77 bits per heavy atom. The van der Waals surface area contributed by atoms with Crippen LogP contribution in [-0.2, 0) is 0 Å². The van der Waals surface area contributed by atoms with Gasteiger partial charge in [-0.15, -0.1) is 0 Å². The SMILES string of the molecule is CCC[CH]CCCCCCCCCCCCCC(N)=CCO. The lowest BCUT2D eigenvalue weighted by molar-refractivity contribution is 0.341. The summed E-state index contributed by atoms with van der Waals surface area (Å²) >= 11 is 0. The fourth-order valence-electron chi connectivity index (χ4n) is 2.78. The Labute approximate surface area is 139 Å². The Kier molecular flexibility index (Phi) is 18.1. The molecule has 0 aromatic rings. The third-order valence-corrected chi connectivity index (χ3v) is 4.22. The fourth-order valence-corrected chi connectivity index (χ4v) is 2.78. The highest BCUT2D eigenvalue weighted by Crippen LogP contribution is 2.13. The van der Waals surface area contributed by atoms with Crippen molar-refractivity contribution in [3.63, 3.8) is 0 Å². The fraction of sp³-hybridized carbons (Fsp3) is 0.850. The average molecular weight is 311 g/mol. The summed E-state index contributed by atoms with van der Waals surface area (Å²) in [5, 5.41) is 8.70. The lowest BCUT2D eigenvalue weighted by Crippen LogP contribution is -1.98. The van der Waals surface area contributed by atoms with Crippen molar-refractivity contribution < 1.29 is 5.11 Å². The predicted octanol–water partition coefficient (Wildman–Crippen LogP) is 5.90. The molecule has 0 amide bonds. The lowest BCUT2D eigenvalue weighted by atomic mass is 10.0. The van der Waals surface area contributed by atoms with E-state index in [0.717, 1.165) is 18.5 Å². The first-order valence-electron chi connectivity index (χ1n) is 9.68. The molecule has 0 aliphatic rings. The zero-order valence-electron chi connectivity index (χ0n) is 15.0. The van der Waals surface area contributed by atoms with Crippen molar-refractivity contribution in [2.24, 2.45) is 5.73 Å². The Hall–Kier alpha value is -0.500. The summed E-state index contributed by atoms with van der Waals surface area (Å²) in [4.78, 5) is 0. The molecular weight excluding hydrogens is 270 g/mol. The molecule has 2 heteroatoms. The van der Waals surface area contributed by atoms with Crippen molar-refractivity contribution in [1.82, 2.24) is 0 Å². The summed E-state index contributed by atoms with van der Waals surface area (Å²) in [7, 11) is 0. The van der Waals surface area contributed by atoms with Crippen LogP contribution in [0, 0.1) is 6.42 Å². The molecule has 0 aromatic heterocycles. The Morgan fingerprint density at radius 2 is 1.27 bits per heavy atom. The molecule has 0 heterocycles. The largest absolute Gasteiger partial charge is 0.402 e. The maximum atomic E-state index is 8.70. The van der Waals surface area contributed by atoms with Gasteiger partial charge in [-0.3, -0.25) is 0 Å². The van der Waals surface area contributed by atoms with Crippen LogP contribution in [0.2, 0.25) is 0 Å². The van der Waals surface area contributed by atoms with Crippen LogP contribution in [0.1, 0.15) is 103 Å². The van der Waals surface area contributed by atoms with Crippen molar-refractivity contribution >= 4 is 0 Å². The third kappa shape index (κ3) is 17.6. The second-order valence-electron chi connectivity index (χ2n) is 6.47. The molecule has 0 unspecified atom stereocenters. The number of allylic oxidation sites excluding steroid dienone is 1. The number of rotatable bonds is 17. The van der Waals surface area contributed by atoms with Gasteiger partial charge < -0.3 is 10.8 Å². The van der Waals surface area contributed by atoms with Crippen LogP contribution in [0.3, 0.4) is 0 Å². The molecule has 0 aromatic carbocycles. The summed E-state index contributed by atoms with van der Waals surface area (Å²) in [6.07, 6.45) is 24.1. The zero-order valence-corrected chi connectivity index (χ0v) is 15.0. The molecule has 0 bridgehead atoms. The molecule has 0 atom stereocenters. The van der Waals surface area contributed by atoms with Gasteiger partial charge in [-0.1, -0.05) is 90.4 Å². The van der Waals surface area contributed by atoms with E-state index < -0.39 is 0 Å². The summed E-state index contributed by atoms with van der Waals surface area (Å²) in [6, 6.07) is 0. The van der Waals surface area contributed by atoms with E-state index in [-0.39, 0.29) is 6.61 Å². The molecule has 0 aliphatic carbocycles. The number of unbranched alkanes of at least 4 members (excludes halogenated alkanes) is 14. The summed E-state index contributed by atoms with van der Waals surface area (Å²) in [5.41, 5.74) is 6.58. The molecule has 0 spiro atoms. The monoisotopic (exact) mass is 310 g/mol. The molecule has 1 radical (unpaired) electrons. The van der Waals surface area contributed by atoms with Crippen LogP contribution in [0.15, 0.2) is 11.8 Å². The zero-order chi connectivity index (χ0) is 16.3.